The monoisotopic (exact) mass is 566 g/mol. The molecule has 1 fully saturated rings. The molecule has 214 valence electrons. The molecule has 1 saturated carbocycles. The van der Waals surface area contributed by atoms with Crippen LogP contribution in [0.25, 0.3) is 0 Å². The summed E-state index contributed by atoms with van der Waals surface area (Å²) in [4.78, 5) is 30.9. The minimum Gasteiger partial charge on any atom is -0.496 e. The van der Waals surface area contributed by atoms with E-state index in [2.05, 4.69) is 5.32 Å². The van der Waals surface area contributed by atoms with E-state index in [-0.39, 0.29) is 30.8 Å². The fourth-order valence-electron chi connectivity index (χ4n) is 5.26. The first-order valence-electron chi connectivity index (χ1n) is 13.5. The van der Waals surface area contributed by atoms with Crippen molar-refractivity contribution >= 4 is 23.2 Å². The third-order valence-electron chi connectivity index (χ3n) is 7.27. The van der Waals surface area contributed by atoms with Gasteiger partial charge in [-0.05, 0) is 48.1 Å². The lowest BCUT2D eigenvalue weighted by Gasteiger charge is -2.34. The van der Waals surface area contributed by atoms with Crippen molar-refractivity contribution in [3.05, 3.63) is 69.9 Å². The van der Waals surface area contributed by atoms with Crippen molar-refractivity contribution in [1.29, 1.82) is 0 Å². The van der Waals surface area contributed by atoms with Crippen LogP contribution in [0.2, 0.25) is 0 Å². The summed E-state index contributed by atoms with van der Waals surface area (Å²) >= 11 is 1.51. The Kier molecular flexibility index (Phi) is 10.3. The second kappa shape index (κ2) is 14.1. The normalized spacial score (nSPS) is 14.2. The molecule has 1 aliphatic carbocycles. The van der Waals surface area contributed by atoms with Gasteiger partial charge in [-0.15, -0.1) is 11.3 Å². The SMILES string of the molecule is COc1ccccc1CN(C(=O)Cc1cccs1)C(C(=O)NC1CCCCC1)c1cc(OC)c(OC)c(OC)c1. The number of nitrogens with zero attached hydrogens (tertiary/aromatic N) is 1. The molecule has 2 amide bonds. The van der Waals surface area contributed by atoms with Gasteiger partial charge in [0.1, 0.15) is 11.8 Å². The molecule has 0 aliphatic heterocycles. The number of carbonyl (C=O) groups excluding carboxylic acids is 2. The van der Waals surface area contributed by atoms with E-state index in [1.165, 1.54) is 39.1 Å². The van der Waals surface area contributed by atoms with Gasteiger partial charge in [0.05, 0.1) is 41.4 Å². The Bertz CT molecular complexity index is 1250. The third-order valence-corrected chi connectivity index (χ3v) is 8.15. The largest absolute Gasteiger partial charge is 0.496 e. The van der Waals surface area contributed by atoms with Gasteiger partial charge in [0.15, 0.2) is 11.5 Å². The van der Waals surface area contributed by atoms with Gasteiger partial charge in [-0.1, -0.05) is 43.5 Å². The van der Waals surface area contributed by atoms with Crippen molar-refractivity contribution in [3.8, 4) is 23.0 Å². The van der Waals surface area contributed by atoms with E-state index in [4.69, 9.17) is 18.9 Å². The summed E-state index contributed by atoms with van der Waals surface area (Å²) in [5, 5.41) is 5.20. The van der Waals surface area contributed by atoms with Crippen LogP contribution in [0.3, 0.4) is 0 Å². The van der Waals surface area contributed by atoms with Gasteiger partial charge in [-0.3, -0.25) is 9.59 Å². The molecule has 1 unspecified atom stereocenters. The summed E-state index contributed by atoms with van der Waals surface area (Å²) in [5.74, 6) is 1.47. The zero-order valence-electron chi connectivity index (χ0n) is 23.6. The highest BCUT2D eigenvalue weighted by atomic mass is 32.1. The Hall–Kier alpha value is -3.72. The quantitative estimate of drug-likeness (QED) is 0.310. The van der Waals surface area contributed by atoms with Gasteiger partial charge in [0, 0.05) is 16.5 Å². The molecule has 3 aromatic rings. The van der Waals surface area contributed by atoms with Crippen molar-refractivity contribution in [2.75, 3.05) is 28.4 Å². The lowest BCUT2D eigenvalue weighted by atomic mass is 9.94. The van der Waals surface area contributed by atoms with Crippen LogP contribution in [-0.4, -0.2) is 51.2 Å². The Morgan fingerprint density at radius 2 is 1.57 bits per heavy atom. The Balaban J connectivity index is 1.83. The highest BCUT2D eigenvalue weighted by Gasteiger charge is 2.35. The minimum absolute atomic E-state index is 0.0614. The maximum Gasteiger partial charge on any atom is 0.247 e. The molecule has 1 N–H and O–H groups in total. The van der Waals surface area contributed by atoms with Gasteiger partial charge in [0.2, 0.25) is 17.6 Å². The molecule has 1 aromatic heterocycles. The van der Waals surface area contributed by atoms with Crippen LogP contribution in [-0.2, 0) is 22.6 Å². The van der Waals surface area contributed by atoms with Gasteiger partial charge in [-0.25, -0.2) is 0 Å². The summed E-state index contributed by atoms with van der Waals surface area (Å²) < 4.78 is 22.4. The number of nitrogens with one attached hydrogen (secondary N) is 1. The third kappa shape index (κ3) is 6.88. The van der Waals surface area contributed by atoms with Crippen LogP contribution in [0.1, 0.15) is 54.1 Å². The van der Waals surface area contributed by atoms with E-state index in [1.807, 2.05) is 41.8 Å². The number of rotatable bonds is 12. The van der Waals surface area contributed by atoms with Crippen LogP contribution >= 0.6 is 11.3 Å². The number of carbonyl (C=O) groups is 2. The number of hydrogen-bond donors (Lipinski definition) is 1. The van der Waals surface area contributed by atoms with E-state index < -0.39 is 6.04 Å². The van der Waals surface area contributed by atoms with Crippen molar-refractivity contribution < 1.29 is 28.5 Å². The second-order valence-corrected chi connectivity index (χ2v) is 10.8. The van der Waals surface area contributed by atoms with Gasteiger partial charge >= 0.3 is 0 Å². The predicted molar refractivity (Wildman–Crippen MR) is 155 cm³/mol. The number of para-hydroxylation sites is 1. The van der Waals surface area contributed by atoms with Gasteiger partial charge < -0.3 is 29.2 Å². The molecular weight excluding hydrogens is 528 g/mol. The Labute approximate surface area is 240 Å². The smallest absolute Gasteiger partial charge is 0.247 e. The highest BCUT2D eigenvalue weighted by molar-refractivity contribution is 7.10. The number of hydrogen-bond acceptors (Lipinski definition) is 7. The Morgan fingerprint density at radius 1 is 0.900 bits per heavy atom. The number of thiophene rings is 1. The predicted octanol–water partition coefficient (Wildman–Crippen LogP) is 5.54. The molecule has 1 aliphatic rings. The van der Waals surface area contributed by atoms with Crippen molar-refractivity contribution in [2.45, 2.75) is 57.2 Å². The van der Waals surface area contributed by atoms with Gasteiger partial charge in [-0.2, -0.15) is 0 Å². The molecule has 1 heterocycles. The average molecular weight is 567 g/mol. The van der Waals surface area contributed by atoms with Crippen molar-refractivity contribution in [1.82, 2.24) is 10.2 Å². The van der Waals surface area contributed by atoms with E-state index >= 15 is 0 Å². The molecule has 0 spiro atoms. The molecule has 8 nitrogen and oxygen atoms in total. The summed E-state index contributed by atoms with van der Waals surface area (Å²) in [5.41, 5.74) is 1.37. The van der Waals surface area contributed by atoms with E-state index in [9.17, 15) is 9.59 Å². The lowest BCUT2D eigenvalue weighted by molar-refractivity contribution is -0.141. The maximum absolute atomic E-state index is 14.2. The summed E-state index contributed by atoms with van der Waals surface area (Å²) in [7, 11) is 6.20. The topological polar surface area (TPSA) is 86.3 Å². The molecule has 40 heavy (non-hydrogen) atoms. The first kappa shape index (κ1) is 29.3. The number of ether oxygens (including phenoxy) is 4. The van der Waals surface area contributed by atoms with Crippen LogP contribution in [0.15, 0.2) is 53.9 Å². The van der Waals surface area contributed by atoms with E-state index in [1.54, 1.807) is 24.1 Å². The standard InChI is InChI=1S/C31H38N2O6S/c1-36-25-15-9-8-11-21(25)20-33(28(34)19-24-14-10-16-40-24)29(31(35)32-23-12-6-5-7-13-23)22-17-26(37-2)30(39-4)27(18-22)38-3/h8-11,14-18,23,29H,5-7,12-13,19-20H2,1-4H3,(H,32,35). The van der Waals surface area contributed by atoms with Gasteiger partial charge in [0.25, 0.3) is 0 Å². The molecule has 1 atom stereocenters. The molecule has 2 aromatic carbocycles. The summed E-state index contributed by atoms with van der Waals surface area (Å²) in [6, 6.07) is 14.0. The summed E-state index contributed by atoms with van der Waals surface area (Å²) in [6.07, 6.45) is 5.32. The average Bonchev–Trinajstić information content (AvgIpc) is 3.50. The number of amides is 2. The second-order valence-electron chi connectivity index (χ2n) is 9.79. The molecule has 0 radical (unpaired) electrons. The van der Waals surface area contributed by atoms with Crippen LogP contribution in [0.4, 0.5) is 0 Å². The first-order valence-corrected chi connectivity index (χ1v) is 14.4. The maximum atomic E-state index is 14.2. The Morgan fingerprint density at radius 3 is 2.17 bits per heavy atom. The lowest BCUT2D eigenvalue weighted by Crippen LogP contribution is -2.47. The zero-order valence-corrected chi connectivity index (χ0v) is 24.4. The zero-order chi connectivity index (χ0) is 28.5. The number of benzene rings is 2. The van der Waals surface area contributed by atoms with Crippen LogP contribution in [0, 0.1) is 0 Å². The van der Waals surface area contributed by atoms with Crippen molar-refractivity contribution in [2.24, 2.45) is 0 Å². The molecule has 0 bridgehead atoms. The fourth-order valence-corrected chi connectivity index (χ4v) is 5.96. The first-order chi connectivity index (χ1) is 19.5. The number of methoxy groups -OCH3 is 4. The molecule has 9 heteroatoms. The van der Waals surface area contributed by atoms with Crippen LogP contribution < -0.4 is 24.3 Å². The molecular formula is C31H38N2O6S. The minimum atomic E-state index is -0.951. The van der Waals surface area contributed by atoms with E-state index in [0.717, 1.165) is 36.1 Å². The molecule has 0 saturated heterocycles. The fraction of sp³-hybridized carbons (Fsp3) is 0.419. The molecule has 4 rings (SSSR count). The summed E-state index contributed by atoms with van der Waals surface area (Å²) in [6.45, 7) is 0.174. The van der Waals surface area contributed by atoms with Crippen LogP contribution in [0.5, 0.6) is 23.0 Å². The van der Waals surface area contributed by atoms with Crippen molar-refractivity contribution in [3.63, 3.8) is 0 Å². The van der Waals surface area contributed by atoms with E-state index in [0.29, 0.717) is 28.6 Å². The highest BCUT2D eigenvalue weighted by Crippen LogP contribution is 2.41.